The maximum atomic E-state index is 13.5. The number of para-hydroxylation sites is 1. The summed E-state index contributed by atoms with van der Waals surface area (Å²) in [5.74, 6) is -2.29. The molecule has 0 fully saturated rings. The molecule has 6 nitrogen and oxygen atoms in total. The predicted octanol–water partition coefficient (Wildman–Crippen LogP) is 3.26. The number of hydrogen-bond acceptors (Lipinski definition) is 5. The monoisotopic (exact) mass is 364 g/mol. The first-order valence-corrected chi connectivity index (χ1v) is 8.20. The Bertz CT molecular complexity index is 832. The Morgan fingerprint density at radius 1 is 1.16 bits per heavy atom. The van der Waals surface area contributed by atoms with Gasteiger partial charge in [0, 0.05) is 11.8 Å². The molecule has 132 valence electrons. The molecule has 0 bridgehead atoms. The van der Waals surface area contributed by atoms with Crippen molar-refractivity contribution in [2.75, 3.05) is 17.2 Å². The van der Waals surface area contributed by atoms with Crippen LogP contribution in [-0.4, -0.2) is 24.4 Å². The van der Waals surface area contributed by atoms with Gasteiger partial charge < -0.3 is 15.4 Å². The van der Waals surface area contributed by atoms with Crippen molar-refractivity contribution in [2.24, 2.45) is 0 Å². The van der Waals surface area contributed by atoms with Gasteiger partial charge in [-0.05, 0) is 31.5 Å². The number of halogens is 1. The fraction of sp³-hybridized carbons (Fsp3) is 0.235. The number of carbonyl (C=O) groups excluding carboxylic acids is 3. The van der Waals surface area contributed by atoms with Gasteiger partial charge in [-0.1, -0.05) is 12.1 Å². The largest absolute Gasteiger partial charge is 0.452 e. The smallest absolute Gasteiger partial charge is 0.341 e. The third-order valence-corrected chi connectivity index (χ3v) is 4.48. The van der Waals surface area contributed by atoms with E-state index in [2.05, 4.69) is 10.6 Å². The van der Waals surface area contributed by atoms with Crippen molar-refractivity contribution in [1.82, 2.24) is 0 Å². The van der Waals surface area contributed by atoms with E-state index in [0.29, 0.717) is 10.6 Å². The topological polar surface area (TPSA) is 84.5 Å². The third kappa shape index (κ3) is 4.63. The number of aryl methyl sites for hydroxylation is 1. The molecule has 2 amide bonds. The van der Waals surface area contributed by atoms with Crippen LogP contribution in [0.3, 0.4) is 0 Å². The van der Waals surface area contributed by atoms with Crippen molar-refractivity contribution in [1.29, 1.82) is 0 Å². The number of anilines is 2. The van der Waals surface area contributed by atoms with Gasteiger partial charge in [-0.2, -0.15) is 0 Å². The highest BCUT2D eigenvalue weighted by atomic mass is 32.1. The second-order valence-electron chi connectivity index (χ2n) is 5.27. The van der Waals surface area contributed by atoms with E-state index in [1.165, 1.54) is 36.5 Å². The van der Waals surface area contributed by atoms with Crippen molar-refractivity contribution in [3.8, 4) is 0 Å². The van der Waals surface area contributed by atoms with Gasteiger partial charge in [0.25, 0.3) is 5.91 Å². The van der Waals surface area contributed by atoms with Crippen molar-refractivity contribution < 1.29 is 23.5 Å². The highest BCUT2D eigenvalue weighted by molar-refractivity contribution is 7.16. The normalized spacial score (nSPS) is 10.2. The summed E-state index contributed by atoms with van der Waals surface area (Å²) in [6.45, 7) is 4.31. The number of ether oxygens (including phenoxy) is 1. The molecule has 0 saturated carbocycles. The van der Waals surface area contributed by atoms with Gasteiger partial charge in [0.05, 0.1) is 11.3 Å². The molecule has 0 aliphatic rings. The Kier molecular flexibility index (Phi) is 5.87. The summed E-state index contributed by atoms with van der Waals surface area (Å²) in [5.41, 5.74) is 0.898. The van der Waals surface area contributed by atoms with Crippen LogP contribution >= 0.6 is 11.3 Å². The lowest BCUT2D eigenvalue weighted by Crippen LogP contribution is -2.22. The summed E-state index contributed by atoms with van der Waals surface area (Å²) in [5, 5.41) is 5.28. The van der Waals surface area contributed by atoms with Crippen LogP contribution in [0.5, 0.6) is 0 Å². The molecule has 0 spiro atoms. The van der Waals surface area contributed by atoms with E-state index in [-0.39, 0.29) is 17.2 Å². The van der Waals surface area contributed by atoms with Crippen molar-refractivity contribution in [3.05, 3.63) is 46.1 Å². The summed E-state index contributed by atoms with van der Waals surface area (Å²) >= 11 is 1.25. The van der Waals surface area contributed by atoms with Gasteiger partial charge in [0.15, 0.2) is 6.61 Å². The lowest BCUT2D eigenvalue weighted by atomic mass is 10.1. The molecule has 2 N–H and O–H groups in total. The van der Waals surface area contributed by atoms with Gasteiger partial charge in [-0.25, -0.2) is 9.18 Å². The molecule has 0 radical (unpaired) electrons. The van der Waals surface area contributed by atoms with Gasteiger partial charge in [-0.3, -0.25) is 9.59 Å². The SMILES string of the molecule is CC(=O)Nc1sc(C)c(C)c1C(=O)OCC(=O)Nc1ccccc1F. The van der Waals surface area contributed by atoms with E-state index in [4.69, 9.17) is 4.74 Å². The molecule has 0 atom stereocenters. The minimum atomic E-state index is -0.728. The summed E-state index contributed by atoms with van der Waals surface area (Å²) in [6.07, 6.45) is 0. The Balaban J connectivity index is 2.04. The molecule has 1 aromatic heterocycles. The number of nitrogens with one attached hydrogen (secondary N) is 2. The second-order valence-corrected chi connectivity index (χ2v) is 6.50. The lowest BCUT2D eigenvalue weighted by Gasteiger charge is -2.08. The molecule has 8 heteroatoms. The number of amides is 2. The molecular weight excluding hydrogens is 347 g/mol. The standard InChI is InChI=1S/C17H17FN2O4S/c1-9-10(2)25-16(19-11(3)21)15(9)17(23)24-8-14(22)20-13-7-5-4-6-12(13)18/h4-7H,8H2,1-3H3,(H,19,21)(H,20,22). The van der Waals surface area contributed by atoms with Crippen LogP contribution in [0.15, 0.2) is 24.3 Å². The van der Waals surface area contributed by atoms with E-state index in [1.54, 1.807) is 13.0 Å². The van der Waals surface area contributed by atoms with Crippen LogP contribution in [0.4, 0.5) is 15.1 Å². The van der Waals surface area contributed by atoms with E-state index in [0.717, 1.165) is 4.88 Å². The fourth-order valence-electron chi connectivity index (χ4n) is 2.07. The van der Waals surface area contributed by atoms with Crippen molar-refractivity contribution in [3.63, 3.8) is 0 Å². The Hall–Kier alpha value is -2.74. The second kappa shape index (κ2) is 7.89. The zero-order valence-electron chi connectivity index (χ0n) is 13.9. The zero-order chi connectivity index (χ0) is 18.6. The Morgan fingerprint density at radius 2 is 1.84 bits per heavy atom. The molecule has 0 saturated heterocycles. The highest BCUT2D eigenvalue weighted by Gasteiger charge is 2.22. The van der Waals surface area contributed by atoms with E-state index in [1.807, 2.05) is 6.92 Å². The number of thiophene rings is 1. The number of benzene rings is 1. The molecule has 1 aromatic carbocycles. The summed E-state index contributed by atoms with van der Waals surface area (Å²) in [7, 11) is 0. The van der Waals surface area contributed by atoms with Crippen LogP contribution in [0.2, 0.25) is 0 Å². The first-order valence-electron chi connectivity index (χ1n) is 7.38. The maximum Gasteiger partial charge on any atom is 0.341 e. The van der Waals surface area contributed by atoms with E-state index in [9.17, 15) is 18.8 Å². The Labute approximate surface area is 148 Å². The maximum absolute atomic E-state index is 13.5. The number of carbonyl (C=O) groups is 3. The van der Waals surface area contributed by atoms with Crippen molar-refractivity contribution >= 4 is 39.8 Å². The van der Waals surface area contributed by atoms with Gasteiger partial charge in [0.2, 0.25) is 5.91 Å². The van der Waals surface area contributed by atoms with Gasteiger partial charge in [0.1, 0.15) is 10.8 Å². The molecule has 0 aliphatic carbocycles. The summed E-state index contributed by atoms with van der Waals surface area (Å²) in [4.78, 5) is 36.2. The molecule has 25 heavy (non-hydrogen) atoms. The lowest BCUT2D eigenvalue weighted by molar-refractivity contribution is -0.119. The average Bonchev–Trinajstić information content (AvgIpc) is 2.81. The van der Waals surface area contributed by atoms with E-state index >= 15 is 0 Å². The quantitative estimate of drug-likeness (QED) is 0.798. The zero-order valence-corrected chi connectivity index (χ0v) is 14.8. The van der Waals surface area contributed by atoms with Crippen LogP contribution in [0.25, 0.3) is 0 Å². The fourth-order valence-corrected chi connectivity index (χ4v) is 3.17. The Morgan fingerprint density at radius 3 is 2.48 bits per heavy atom. The summed E-state index contributed by atoms with van der Waals surface area (Å²) in [6, 6.07) is 5.67. The highest BCUT2D eigenvalue weighted by Crippen LogP contribution is 2.32. The summed E-state index contributed by atoms with van der Waals surface area (Å²) < 4.78 is 18.5. The minimum absolute atomic E-state index is 0.00467. The number of hydrogen-bond donors (Lipinski definition) is 2. The molecule has 1 heterocycles. The molecule has 2 aromatic rings. The van der Waals surface area contributed by atoms with Crippen LogP contribution in [0.1, 0.15) is 27.7 Å². The molecule has 0 unspecified atom stereocenters. The van der Waals surface area contributed by atoms with Gasteiger partial charge in [-0.15, -0.1) is 11.3 Å². The molecule has 0 aliphatic heterocycles. The van der Waals surface area contributed by atoms with Crippen molar-refractivity contribution in [2.45, 2.75) is 20.8 Å². The van der Waals surface area contributed by atoms with Crippen LogP contribution < -0.4 is 10.6 Å². The first kappa shape index (κ1) is 18.6. The average molecular weight is 364 g/mol. The van der Waals surface area contributed by atoms with Crippen LogP contribution in [-0.2, 0) is 14.3 Å². The predicted molar refractivity (Wildman–Crippen MR) is 93.4 cm³/mol. The van der Waals surface area contributed by atoms with Gasteiger partial charge >= 0.3 is 5.97 Å². The van der Waals surface area contributed by atoms with E-state index < -0.39 is 24.3 Å². The minimum Gasteiger partial charge on any atom is -0.452 e. The molecular formula is C17H17FN2O4S. The number of esters is 1. The number of rotatable bonds is 5. The van der Waals surface area contributed by atoms with Crippen LogP contribution in [0, 0.1) is 19.7 Å². The molecule has 2 rings (SSSR count). The first-order chi connectivity index (χ1) is 11.8. The third-order valence-electron chi connectivity index (χ3n) is 3.36.